The van der Waals surface area contributed by atoms with Crippen LogP contribution in [0.4, 0.5) is 21.6 Å². The molecule has 0 radical (unpaired) electrons. The van der Waals surface area contributed by atoms with Crippen LogP contribution in [-0.2, 0) is 0 Å². The first-order valence-electron chi connectivity index (χ1n) is 7.11. The molecule has 21 heavy (non-hydrogen) atoms. The van der Waals surface area contributed by atoms with Crippen molar-refractivity contribution in [2.24, 2.45) is 0 Å². The quantitative estimate of drug-likeness (QED) is 0.921. The van der Waals surface area contributed by atoms with Gasteiger partial charge in [0.1, 0.15) is 11.6 Å². The molecular weight excluding hydrogens is 267 g/mol. The Kier molecular flexibility index (Phi) is 3.64. The number of nitrogens with two attached hydrogens (primary N) is 1. The van der Waals surface area contributed by atoms with E-state index in [1.54, 1.807) is 0 Å². The van der Waals surface area contributed by atoms with Gasteiger partial charge >= 0.3 is 0 Å². The van der Waals surface area contributed by atoms with Gasteiger partial charge in [-0.15, -0.1) is 0 Å². The number of pyridine rings is 1. The summed E-state index contributed by atoms with van der Waals surface area (Å²) in [7, 11) is 0. The molecule has 0 bridgehead atoms. The van der Waals surface area contributed by atoms with E-state index in [0.717, 1.165) is 48.9 Å². The summed E-state index contributed by atoms with van der Waals surface area (Å²) in [6.07, 6.45) is 1.82. The molecule has 2 N–H and O–H groups in total. The Morgan fingerprint density at radius 2 is 1.67 bits per heavy atom. The second kappa shape index (κ2) is 5.60. The lowest BCUT2D eigenvalue weighted by Gasteiger charge is -2.36. The Morgan fingerprint density at radius 3 is 2.29 bits per heavy atom. The first kappa shape index (κ1) is 13.7. The summed E-state index contributed by atoms with van der Waals surface area (Å²) >= 11 is 0. The van der Waals surface area contributed by atoms with Crippen LogP contribution in [0.2, 0.25) is 0 Å². The second-order valence-electron chi connectivity index (χ2n) is 5.35. The number of anilines is 3. The molecule has 0 atom stereocenters. The van der Waals surface area contributed by atoms with E-state index in [1.807, 2.05) is 31.3 Å². The summed E-state index contributed by atoms with van der Waals surface area (Å²) in [6.45, 7) is 5.50. The van der Waals surface area contributed by atoms with Crippen molar-refractivity contribution in [3.05, 3.63) is 47.9 Å². The number of aryl methyl sites for hydroxylation is 1. The lowest BCUT2D eigenvalue weighted by molar-refractivity contribution is 0.624. The molecule has 0 spiro atoms. The molecule has 5 heteroatoms. The monoisotopic (exact) mass is 286 g/mol. The molecule has 4 nitrogen and oxygen atoms in total. The Hall–Kier alpha value is -2.30. The van der Waals surface area contributed by atoms with Crippen molar-refractivity contribution >= 4 is 17.2 Å². The van der Waals surface area contributed by atoms with Crippen LogP contribution in [0.25, 0.3) is 0 Å². The molecule has 1 fully saturated rings. The molecule has 1 aromatic carbocycles. The zero-order chi connectivity index (χ0) is 14.8. The Morgan fingerprint density at radius 1 is 1.05 bits per heavy atom. The number of nitrogen functional groups attached to an aromatic ring is 1. The number of halogens is 1. The minimum Gasteiger partial charge on any atom is -0.398 e. The van der Waals surface area contributed by atoms with Gasteiger partial charge in [-0.25, -0.2) is 9.37 Å². The number of hydrogen-bond acceptors (Lipinski definition) is 4. The van der Waals surface area contributed by atoms with E-state index >= 15 is 0 Å². The third-order valence-electron chi connectivity index (χ3n) is 3.93. The smallest absolute Gasteiger partial charge is 0.130 e. The molecule has 2 heterocycles. The maximum absolute atomic E-state index is 13.0. The molecule has 2 aromatic rings. The minimum atomic E-state index is -0.197. The maximum atomic E-state index is 13.0. The van der Waals surface area contributed by atoms with Crippen LogP contribution < -0.4 is 15.5 Å². The zero-order valence-electron chi connectivity index (χ0n) is 12.1. The van der Waals surface area contributed by atoms with Crippen LogP contribution in [0.15, 0.2) is 36.5 Å². The van der Waals surface area contributed by atoms with Crippen molar-refractivity contribution in [2.75, 3.05) is 41.7 Å². The lowest BCUT2D eigenvalue weighted by Crippen LogP contribution is -2.46. The van der Waals surface area contributed by atoms with Gasteiger partial charge in [0.05, 0.1) is 0 Å². The predicted octanol–water partition coefficient (Wildman–Crippen LogP) is 2.44. The van der Waals surface area contributed by atoms with Crippen LogP contribution >= 0.6 is 0 Å². The zero-order valence-corrected chi connectivity index (χ0v) is 12.1. The molecule has 110 valence electrons. The van der Waals surface area contributed by atoms with Gasteiger partial charge in [0.15, 0.2) is 0 Å². The van der Waals surface area contributed by atoms with Crippen LogP contribution in [0.1, 0.15) is 5.56 Å². The highest BCUT2D eigenvalue weighted by Gasteiger charge is 2.18. The van der Waals surface area contributed by atoms with E-state index in [0.29, 0.717) is 0 Å². The van der Waals surface area contributed by atoms with Crippen molar-refractivity contribution in [3.8, 4) is 0 Å². The molecule has 0 aliphatic carbocycles. The predicted molar refractivity (Wildman–Crippen MR) is 84.2 cm³/mol. The van der Waals surface area contributed by atoms with Crippen LogP contribution in [0.5, 0.6) is 0 Å². The highest BCUT2D eigenvalue weighted by Crippen LogP contribution is 2.21. The summed E-state index contributed by atoms with van der Waals surface area (Å²) in [5, 5.41) is 0. The third-order valence-corrected chi connectivity index (χ3v) is 3.93. The minimum absolute atomic E-state index is 0.197. The highest BCUT2D eigenvalue weighted by molar-refractivity contribution is 5.56. The average Bonchev–Trinajstić information content (AvgIpc) is 2.51. The normalized spacial score (nSPS) is 15.3. The maximum Gasteiger partial charge on any atom is 0.130 e. The van der Waals surface area contributed by atoms with E-state index in [9.17, 15) is 4.39 Å². The van der Waals surface area contributed by atoms with Crippen LogP contribution in [0, 0.1) is 12.7 Å². The van der Waals surface area contributed by atoms with E-state index in [1.165, 1.54) is 12.1 Å². The Balaban J connectivity index is 1.67. The topological polar surface area (TPSA) is 45.4 Å². The standard InChI is InChI=1S/C16H19FN4/c1-12-11-19-16(10-15(12)18)21-8-6-20(7-9-21)14-4-2-13(17)3-5-14/h2-5,10-11H,6-9H2,1H3,(H2,18,19). The molecule has 3 rings (SSSR count). The summed E-state index contributed by atoms with van der Waals surface area (Å²) < 4.78 is 13.0. The highest BCUT2D eigenvalue weighted by atomic mass is 19.1. The second-order valence-corrected chi connectivity index (χ2v) is 5.35. The fourth-order valence-electron chi connectivity index (χ4n) is 2.55. The van der Waals surface area contributed by atoms with Crippen molar-refractivity contribution in [1.82, 2.24) is 4.98 Å². The number of aromatic nitrogens is 1. The van der Waals surface area contributed by atoms with Crippen molar-refractivity contribution < 1.29 is 4.39 Å². The third kappa shape index (κ3) is 2.91. The summed E-state index contributed by atoms with van der Waals surface area (Å²) in [5.41, 5.74) is 8.79. The largest absolute Gasteiger partial charge is 0.398 e. The van der Waals surface area contributed by atoms with E-state index in [2.05, 4.69) is 14.8 Å². The van der Waals surface area contributed by atoms with Gasteiger partial charge in [0.2, 0.25) is 0 Å². The average molecular weight is 286 g/mol. The Labute approximate surface area is 124 Å². The SMILES string of the molecule is Cc1cnc(N2CCN(c3ccc(F)cc3)CC2)cc1N. The Bertz CT molecular complexity index is 619. The number of hydrogen-bond donors (Lipinski definition) is 1. The van der Waals surface area contributed by atoms with E-state index in [4.69, 9.17) is 5.73 Å². The molecule has 0 amide bonds. The lowest BCUT2D eigenvalue weighted by atomic mass is 10.2. The van der Waals surface area contributed by atoms with Crippen molar-refractivity contribution in [2.45, 2.75) is 6.92 Å². The van der Waals surface area contributed by atoms with Gasteiger partial charge in [-0.2, -0.15) is 0 Å². The number of benzene rings is 1. The van der Waals surface area contributed by atoms with Crippen molar-refractivity contribution in [3.63, 3.8) is 0 Å². The van der Waals surface area contributed by atoms with E-state index < -0.39 is 0 Å². The fraction of sp³-hybridized carbons (Fsp3) is 0.312. The number of nitrogens with zero attached hydrogens (tertiary/aromatic N) is 3. The van der Waals surface area contributed by atoms with Crippen molar-refractivity contribution in [1.29, 1.82) is 0 Å². The first-order chi connectivity index (χ1) is 10.1. The number of piperazine rings is 1. The molecule has 1 aliphatic rings. The molecule has 0 saturated carbocycles. The molecule has 1 aromatic heterocycles. The molecular formula is C16H19FN4. The molecule has 0 unspecified atom stereocenters. The summed E-state index contributed by atoms with van der Waals surface area (Å²) in [4.78, 5) is 8.94. The van der Waals surface area contributed by atoms with Gasteiger partial charge in [0.25, 0.3) is 0 Å². The van der Waals surface area contributed by atoms with Crippen LogP contribution in [0.3, 0.4) is 0 Å². The van der Waals surface area contributed by atoms with Gasteiger partial charge in [-0.1, -0.05) is 0 Å². The van der Waals surface area contributed by atoms with E-state index in [-0.39, 0.29) is 5.82 Å². The van der Waals surface area contributed by atoms with Gasteiger partial charge in [-0.05, 0) is 36.8 Å². The van der Waals surface area contributed by atoms with Crippen LogP contribution in [-0.4, -0.2) is 31.2 Å². The summed E-state index contributed by atoms with van der Waals surface area (Å²) in [6, 6.07) is 8.59. The van der Waals surface area contributed by atoms with Gasteiger partial charge < -0.3 is 15.5 Å². The molecule has 1 aliphatic heterocycles. The summed E-state index contributed by atoms with van der Waals surface area (Å²) in [5.74, 6) is 0.730. The first-order valence-corrected chi connectivity index (χ1v) is 7.11. The van der Waals surface area contributed by atoms with Gasteiger partial charge in [-0.3, -0.25) is 0 Å². The fourth-order valence-corrected chi connectivity index (χ4v) is 2.55. The van der Waals surface area contributed by atoms with Gasteiger partial charge in [0, 0.05) is 49.8 Å². The number of rotatable bonds is 2. The molecule has 1 saturated heterocycles.